The zero-order valence-electron chi connectivity index (χ0n) is 14.8. The minimum Gasteiger partial charge on any atom is -0.368 e. The zero-order valence-corrected chi connectivity index (χ0v) is 16.4. The summed E-state index contributed by atoms with van der Waals surface area (Å²) in [4.78, 5) is 12.5. The van der Waals surface area contributed by atoms with Gasteiger partial charge in [0.1, 0.15) is 0 Å². The van der Waals surface area contributed by atoms with Gasteiger partial charge in [-0.15, -0.1) is 12.4 Å². The molecule has 0 saturated carbocycles. The van der Waals surface area contributed by atoms with Gasteiger partial charge in [-0.3, -0.25) is 10.1 Å². The van der Waals surface area contributed by atoms with E-state index in [9.17, 15) is 18.5 Å². The normalized spacial score (nSPS) is 14.6. The molecule has 0 aliphatic carbocycles. The summed E-state index contributed by atoms with van der Waals surface area (Å²) in [5.41, 5.74) is 1.45. The number of piperazine rings is 1. The maximum atomic E-state index is 13.0. The number of non-ortho nitro benzene ring substituents is 1. The fraction of sp³-hybridized carbons (Fsp3) is 0.222. The average molecular weight is 423 g/mol. The van der Waals surface area contributed by atoms with Gasteiger partial charge in [0.15, 0.2) is 0 Å². The van der Waals surface area contributed by atoms with Crippen molar-refractivity contribution in [2.45, 2.75) is 4.90 Å². The first-order chi connectivity index (χ1) is 13.0. The lowest BCUT2D eigenvalue weighted by Crippen LogP contribution is -2.43. The van der Waals surface area contributed by atoms with Crippen LogP contribution in [-0.4, -0.2) is 43.5 Å². The molecule has 3 aromatic rings. The van der Waals surface area contributed by atoms with Crippen LogP contribution in [0.15, 0.2) is 59.6 Å². The summed E-state index contributed by atoms with van der Waals surface area (Å²) in [6.07, 6.45) is 1.53. The smallest absolute Gasteiger partial charge is 0.269 e. The first kappa shape index (κ1) is 20.1. The molecular formula is C18H19ClN4O4S. The van der Waals surface area contributed by atoms with Gasteiger partial charge in [0, 0.05) is 55.6 Å². The van der Waals surface area contributed by atoms with Crippen molar-refractivity contribution in [2.24, 2.45) is 0 Å². The van der Waals surface area contributed by atoms with Crippen LogP contribution in [0.2, 0.25) is 0 Å². The van der Waals surface area contributed by atoms with Crippen molar-refractivity contribution in [3.63, 3.8) is 0 Å². The summed E-state index contributed by atoms with van der Waals surface area (Å²) >= 11 is 0. The minimum atomic E-state index is -3.85. The van der Waals surface area contributed by atoms with Gasteiger partial charge < -0.3 is 10.2 Å². The largest absolute Gasteiger partial charge is 0.368 e. The second-order valence-corrected chi connectivity index (χ2v) is 8.13. The molecule has 4 rings (SSSR count). The van der Waals surface area contributed by atoms with Crippen LogP contribution in [0.1, 0.15) is 0 Å². The number of aromatic nitrogens is 1. The molecule has 148 valence electrons. The lowest BCUT2D eigenvalue weighted by molar-refractivity contribution is -0.384. The van der Waals surface area contributed by atoms with E-state index in [0.717, 1.165) is 37.3 Å². The lowest BCUT2D eigenvalue weighted by Gasteiger charge is -2.30. The van der Waals surface area contributed by atoms with E-state index >= 15 is 0 Å². The third-order valence-corrected chi connectivity index (χ3v) is 6.44. The maximum Gasteiger partial charge on any atom is 0.269 e. The fourth-order valence-corrected chi connectivity index (χ4v) is 4.72. The van der Waals surface area contributed by atoms with Crippen molar-refractivity contribution in [3.05, 3.63) is 64.8 Å². The number of nitrogens with one attached hydrogen (secondary N) is 1. The lowest BCUT2D eigenvalue weighted by atomic mass is 10.2. The minimum absolute atomic E-state index is 0. The predicted octanol–water partition coefficient (Wildman–Crippen LogP) is 2.62. The van der Waals surface area contributed by atoms with Gasteiger partial charge in [-0.25, -0.2) is 12.4 Å². The van der Waals surface area contributed by atoms with Crippen LogP contribution in [0.25, 0.3) is 10.9 Å². The molecule has 2 heterocycles. The Labute approximate surface area is 168 Å². The van der Waals surface area contributed by atoms with Gasteiger partial charge in [-0.05, 0) is 30.3 Å². The van der Waals surface area contributed by atoms with Crippen LogP contribution in [0.5, 0.6) is 0 Å². The molecule has 2 aromatic carbocycles. The number of halogens is 1. The first-order valence-electron chi connectivity index (χ1n) is 8.54. The quantitative estimate of drug-likeness (QED) is 0.512. The molecule has 1 aliphatic heterocycles. The van der Waals surface area contributed by atoms with Crippen LogP contribution in [0.4, 0.5) is 11.4 Å². The van der Waals surface area contributed by atoms with Gasteiger partial charge in [-0.2, -0.15) is 0 Å². The molecule has 0 spiro atoms. The highest BCUT2D eigenvalue weighted by atomic mass is 35.5. The molecule has 0 radical (unpaired) electrons. The zero-order chi connectivity index (χ0) is 19.0. The number of hydrogen-bond donors (Lipinski definition) is 1. The van der Waals surface area contributed by atoms with Crippen LogP contribution >= 0.6 is 12.4 Å². The summed E-state index contributed by atoms with van der Waals surface area (Å²) in [5, 5.41) is 15.0. The molecule has 1 N–H and O–H groups in total. The predicted molar refractivity (Wildman–Crippen MR) is 110 cm³/mol. The molecule has 1 aromatic heterocycles. The molecule has 1 aliphatic rings. The van der Waals surface area contributed by atoms with Crippen molar-refractivity contribution in [2.75, 3.05) is 31.1 Å². The summed E-state index contributed by atoms with van der Waals surface area (Å²) in [7, 11) is -3.85. The number of nitrogens with zero attached hydrogens (tertiary/aromatic N) is 3. The summed E-state index contributed by atoms with van der Waals surface area (Å²) in [5.74, 6) is 0. The Balaban J connectivity index is 0.00000225. The van der Waals surface area contributed by atoms with Gasteiger partial charge in [0.05, 0.1) is 15.3 Å². The van der Waals surface area contributed by atoms with Crippen molar-refractivity contribution >= 4 is 44.7 Å². The van der Waals surface area contributed by atoms with Crippen molar-refractivity contribution in [3.8, 4) is 0 Å². The monoisotopic (exact) mass is 422 g/mol. The molecule has 8 nitrogen and oxygen atoms in total. The van der Waals surface area contributed by atoms with E-state index in [1.54, 1.807) is 12.1 Å². The summed E-state index contributed by atoms with van der Waals surface area (Å²) in [6, 6.07) is 12.3. The van der Waals surface area contributed by atoms with E-state index in [1.807, 2.05) is 12.1 Å². The Morgan fingerprint density at radius 2 is 1.68 bits per heavy atom. The van der Waals surface area contributed by atoms with Gasteiger partial charge >= 0.3 is 0 Å². The van der Waals surface area contributed by atoms with E-state index in [4.69, 9.17) is 0 Å². The molecule has 0 amide bonds. The summed E-state index contributed by atoms with van der Waals surface area (Å²) < 4.78 is 27.3. The summed E-state index contributed by atoms with van der Waals surface area (Å²) in [6.45, 7) is 3.50. The topological polar surface area (TPSA) is 97.5 Å². The van der Waals surface area contributed by atoms with Crippen LogP contribution in [0, 0.1) is 10.1 Å². The Bertz CT molecular complexity index is 1110. The van der Waals surface area contributed by atoms with E-state index in [1.165, 1.54) is 34.4 Å². The number of nitro groups is 1. The first-order valence-corrected chi connectivity index (χ1v) is 9.98. The number of fused-ring (bicyclic) bond motifs is 1. The Morgan fingerprint density at radius 3 is 2.32 bits per heavy atom. The fourth-order valence-electron chi connectivity index (χ4n) is 3.37. The molecule has 28 heavy (non-hydrogen) atoms. The molecule has 1 fully saturated rings. The number of benzene rings is 2. The maximum absolute atomic E-state index is 13.0. The number of anilines is 1. The number of nitro benzene ring substituents is 1. The number of hydrogen-bond acceptors (Lipinski definition) is 6. The molecule has 0 atom stereocenters. The molecule has 0 bridgehead atoms. The molecule has 10 heteroatoms. The van der Waals surface area contributed by atoms with Crippen molar-refractivity contribution in [1.29, 1.82) is 0 Å². The Hall–Kier alpha value is -2.62. The highest BCUT2D eigenvalue weighted by Crippen LogP contribution is 2.30. The molecule has 0 unspecified atom stereocenters. The van der Waals surface area contributed by atoms with E-state index in [-0.39, 0.29) is 23.0 Å². The van der Waals surface area contributed by atoms with Gasteiger partial charge in [0.2, 0.25) is 0 Å². The Morgan fingerprint density at radius 1 is 1.00 bits per heavy atom. The molecular weight excluding hydrogens is 404 g/mol. The SMILES string of the molecule is Cl.O=[N+]([O-])c1ccc(S(=O)(=O)n2ccc3c(N4CCNCC4)cccc32)cc1. The van der Waals surface area contributed by atoms with Crippen molar-refractivity contribution in [1.82, 2.24) is 9.29 Å². The van der Waals surface area contributed by atoms with E-state index < -0.39 is 14.9 Å². The van der Waals surface area contributed by atoms with E-state index in [2.05, 4.69) is 10.2 Å². The van der Waals surface area contributed by atoms with Crippen LogP contribution in [0.3, 0.4) is 0 Å². The van der Waals surface area contributed by atoms with Crippen LogP contribution in [-0.2, 0) is 10.0 Å². The third-order valence-electron chi connectivity index (χ3n) is 4.74. The Kier molecular flexibility index (Phi) is 5.59. The highest BCUT2D eigenvalue weighted by molar-refractivity contribution is 7.90. The average Bonchev–Trinajstić information content (AvgIpc) is 3.14. The number of rotatable bonds is 4. The van der Waals surface area contributed by atoms with Gasteiger partial charge in [0.25, 0.3) is 15.7 Å². The van der Waals surface area contributed by atoms with Crippen LogP contribution < -0.4 is 10.2 Å². The second-order valence-electron chi connectivity index (χ2n) is 6.31. The highest BCUT2D eigenvalue weighted by Gasteiger charge is 2.22. The standard InChI is InChI=1S/C18H18N4O4S.ClH/c23-22(24)14-4-6-15(7-5-14)27(25,26)21-11-8-16-17(2-1-3-18(16)21)20-12-9-19-10-13-20;/h1-8,11,19H,9-10,12-13H2;1H. The van der Waals surface area contributed by atoms with Crippen molar-refractivity contribution < 1.29 is 13.3 Å². The molecule has 1 saturated heterocycles. The third kappa shape index (κ3) is 3.44. The second kappa shape index (κ2) is 7.78. The van der Waals surface area contributed by atoms with E-state index in [0.29, 0.717) is 5.52 Å². The van der Waals surface area contributed by atoms with Gasteiger partial charge in [-0.1, -0.05) is 6.07 Å².